The number of nitrogens with zero attached hydrogens (tertiary/aromatic N) is 5. The van der Waals surface area contributed by atoms with Crippen molar-refractivity contribution in [3.8, 4) is 11.9 Å². The van der Waals surface area contributed by atoms with Gasteiger partial charge in [0.05, 0.1) is 24.7 Å². The minimum absolute atomic E-state index is 0.185. The molecule has 0 radical (unpaired) electrons. The van der Waals surface area contributed by atoms with Crippen LogP contribution >= 0.6 is 0 Å². The number of carbonyl (C=O) groups is 1. The Morgan fingerprint density at radius 1 is 1.27 bits per heavy atom. The molecular formula is C26H28F2N6O3. The average Bonchev–Trinajstić information content (AvgIpc) is 2.90. The predicted molar refractivity (Wildman–Crippen MR) is 132 cm³/mol. The summed E-state index contributed by atoms with van der Waals surface area (Å²) < 4.78 is 35.0. The topological polar surface area (TPSA) is 113 Å². The van der Waals surface area contributed by atoms with E-state index in [0.717, 1.165) is 11.3 Å². The standard InChI is InChI=1S/C26H28F2N6O3/c1-17-20(18-4-5-22(31-14-18)37-24(27)28)13-26(16-32-17,34-8-10-36-11-9-34)33-23(35)21-12-19(6-7-30-21)25(2,3)15-29/h4-7,12,14,16,24H,8-11,13H2,1-3H3,(H,33,35). The van der Waals surface area contributed by atoms with Gasteiger partial charge < -0.3 is 14.8 Å². The molecule has 2 aliphatic heterocycles. The van der Waals surface area contributed by atoms with Crippen LogP contribution in [0.2, 0.25) is 0 Å². The SMILES string of the molecule is CC1=C(c2ccc(OC(F)F)nc2)CC(NC(=O)c2cc(C(C)(C)C#N)ccn2)(N2CCOCC2)C=N1. The highest BCUT2D eigenvalue weighted by atomic mass is 19.3. The lowest BCUT2D eigenvalue weighted by Crippen LogP contribution is -2.65. The fourth-order valence-corrected chi connectivity index (χ4v) is 4.34. The first-order valence-electron chi connectivity index (χ1n) is 11.8. The van der Waals surface area contributed by atoms with Gasteiger partial charge in [-0.15, -0.1) is 0 Å². The fourth-order valence-electron chi connectivity index (χ4n) is 4.34. The number of halogens is 2. The van der Waals surface area contributed by atoms with Gasteiger partial charge in [0.2, 0.25) is 5.88 Å². The number of aromatic nitrogens is 2. The van der Waals surface area contributed by atoms with Gasteiger partial charge in [0, 0.05) is 49.9 Å². The maximum atomic E-state index is 13.5. The second kappa shape index (κ2) is 10.7. The van der Waals surface area contributed by atoms with Gasteiger partial charge in [-0.1, -0.05) is 0 Å². The summed E-state index contributed by atoms with van der Waals surface area (Å²) in [6.07, 6.45) is 5.05. The number of amides is 1. The Kier molecular flexibility index (Phi) is 7.61. The summed E-state index contributed by atoms with van der Waals surface area (Å²) in [7, 11) is 0. The molecule has 37 heavy (non-hydrogen) atoms. The molecule has 194 valence electrons. The first kappa shape index (κ1) is 26.3. The van der Waals surface area contributed by atoms with Gasteiger partial charge in [-0.25, -0.2) is 4.98 Å². The van der Waals surface area contributed by atoms with Crippen molar-refractivity contribution in [2.24, 2.45) is 4.99 Å². The van der Waals surface area contributed by atoms with Crippen LogP contribution in [0.1, 0.15) is 48.8 Å². The van der Waals surface area contributed by atoms with E-state index in [1.165, 1.54) is 18.5 Å². The van der Waals surface area contributed by atoms with Crippen molar-refractivity contribution in [2.45, 2.75) is 44.9 Å². The molecule has 2 aromatic rings. The average molecular weight is 511 g/mol. The van der Waals surface area contributed by atoms with E-state index in [1.807, 2.05) is 6.92 Å². The molecule has 1 atom stereocenters. The van der Waals surface area contributed by atoms with Crippen LogP contribution in [0, 0.1) is 11.3 Å². The summed E-state index contributed by atoms with van der Waals surface area (Å²) >= 11 is 0. The molecule has 11 heteroatoms. The van der Waals surface area contributed by atoms with Crippen LogP contribution in [-0.4, -0.2) is 65.6 Å². The second-order valence-corrected chi connectivity index (χ2v) is 9.41. The molecule has 1 N–H and O–H groups in total. The van der Waals surface area contributed by atoms with Crippen LogP contribution in [0.3, 0.4) is 0 Å². The third-order valence-corrected chi connectivity index (χ3v) is 6.55. The molecule has 9 nitrogen and oxygen atoms in total. The van der Waals surface area contributed by atoms with E-state index >= 15 is 0 Å². The summed E-state index contributed by atoms with van der Waals surface area (Å²) in [6, 6.07) is 8.61. The number of allylic oxidation sites excluding steroid dienone is 1. The number of ether oxygens (including phenoxy) is 2. The molecule has 1 amide bonds. The van der Waals surface area contributed by atoms with Crippen LogP contribution in [0.15, 0.2) is 47.3 Å². The lowest BCUT2D eigenvalue weighted by atomic mass is 9.86. The molecule has 1 saturated heterocycles. The monoisotopic (exact) mass is 510 g/mol. The summed E-state index contributed by atoms with van der Waals surface area (Å²) in [6.45, 7) is 4.55. The van der Waals surface area contributed by atoms with Gasteiger partial charge in [0.15, 0.2) is 0 Å². The smallest absolute Gasteiger partial charge is 0.388 e. The number of hydrogen-bond acceptors (Lipinski definition) is 8. The van der Waals surface area contributed by atoms with Crippen molar-refractivity contribution < 1.29 is 23.0 Å². The maximum absolute atomic E-state index is 13.5. The minimum atomic E-state index is -2.96. The molecule has 0 bridgehead atoms. The minimum Gasteiger partial charge on any atom is -0.417 e. The van der Waals surface area contributed by atoms with Gasteiger partial charge in [-0.3, -0.25) is 19.7 Å². The Hall–Kier alpha value is -3.75. The number of morpholine rings is 1. The first-order chi connectivity index (χ1) is 17.6. The van der Waals surface area contributed by atoms with Gasteiger partial charge in [0.25, 0.3) is 5.91 Å². The fraction of sp³-hybridized carbons (Fsp3) is 0.423. The number of pyridine rings is 2. The van der Waals surface area contributed by atoms with E-state index in [2.05, 4.69) is 36.0 Å². The molecule has 2 aromatic heterocycles. The number of nitrogens with one attached hydrogen (secondary N) is 1. The molecule has 1 unspecified atom stereocenters. The van der Waals surface area contributed by atoms with Crippen molar-refractivity contribution in [2.75, 3.05) is 26.3 Å². The molecule has 1 fully saturated rings. The number of hydrogen-bond donors (Lipinski definition) is 1. The Bertz CT molecular complexity index is 1250. The molecule has 0 aliphatic carbocycles. The highest BCUT2D eigenvalue weighted by Gasteiger charge is 2.41. The van der Waals surface area contributed by atoms with Crippen LogP contribution < -0.4 is 10.1 Å². The zero-order valence-electron chi connectivity index (χ0n) is 20.9. The normalized spacial score (nSPS) is 20.6. The number of alkyl halides is 2. The molecule has 4 heterocycles. The van der Waals surface area contributed by atoms with E-state index in [-0.39, 0.29) is 11.6 Å². The number of aliphatic imine (C=N–C) groups is 1. The molecule has 4 rings (SSSR count). The second-order valence-electron chi connectivity index (χ2n) is 9.41. The third kappa shape index (κ3) is 5.81. The van der Waals surface area contributed by atoms with Crippen LogP contribution in [-0.2, 0) is 10.2 Å². The van der Waals surface area contributed by atoms with Crippen molar-refractivity contribution in [3.63, 3.8) is 0 Å². The van der Waals surface area contributed by atoms with Gasteiger partial charge in [-0.05, 0) is 55.7 Å². The quantitative estimate of drug-likeness (QED) is 0.606. The van der Waals surface area contributed by atoms with Crippen LogP contribution in [0.5, 0.6) is 5.88 Å². The van der Waals surface area contributed by atoms with Gasteiger partial charge >= 0.3 is 6.61 Å². The predicted octanol–water partition coefficient (Wildman–Crippen LogP) is 3.54. The third-order valence-electron chi connectivity index (χ3n) is 6.55. The largest absolute Gasteiger partial charge is 0.417 e. The van der Waals surface area contributed by atoms with Crippen molar-refractivity contribution >= 4 is 17.7 Å². The van der Waals surface area contributed by atoms with Crippen LogP contribution in [0.4, 0.5) is 8.78 Å². The van der Waals surface area contributed by atoms with E-state index in [4.69, 9.17) is 4.74 Å². The lowest BCUT2D eigenvalue weighted by molar-refractivity contribution is -0.0528. The summed E-state index contributed by atoms with van der Waals surface area (Å²) in [5.74, 6) is -0.596. The number of carbonyl (C=O) groups excluding carboxylic acids is 1. The molecular weight excluding hydrogens is 482 g/mol. The van der Waals surface area contributed by atoms with Gasteiger partial charge in [-0.2, -0.15) is 14.0 Å². The summed E-state index contributed by atoms with van der Waals surface area (Å²) in [5, 5.41) is 12.6. The molecule has 0 saturated carbocycles. The van der Waals surface area contributed by atoms with E-state index in [9.17, 15) is 18.8 Å². The van der Waals surface area contributed by atoms with Crippen LogP contribution in [0.25, 0.3) is 5.57 Å². The van der Waals surface area contributed by atoms with E-state index in [0.29, 0.717) is 43.9 Å². The zero-order chi connectivity index (χ0) is 26.6. The zero-order valence-corrected chi connectivity index (χ0v) is 20.9. The Balaban J connectivity index is 1.65. The van der Waals surface area contributed by atoms with Gasteiger partial charge in [0.1, 0.15) is 11.4 Å². The summed E-state index contributed by atoms with van der Waals surface area (Å²) in [5.41, 5.74) is 1.30. The Labute approximate surface area is 213 Å². The lowest BCUT2D eigenvalue weighted by Gasteiger charge is -2.45. The van der Waals surface area contributed by atoms with E-state index < -0.39 is 23.6 Å². The van der Waals surface area contributed by atoms with Crippen molar-refractivity contribution in [1.29, 1.82) is 5.26 Å². The highest BCUT2D eigenvalue weighted by Crippen LogP contribution is 2.35. The summed E-state index contributed by atoms with van der Waals surface area (Å²) in [4.78, 5) is 28.5. The molecule has 2 aliphatic rings. The van der Waals surface area contributed by atoms with E-state index in [1.54, 1.807) is 38.3 Å². The first-order valence-corrected chi connectivity index (χ1v) is 11.8. The highest BCUT2D eigenvalue weighted by molar-refractivity contribution is 5.96. The maximum Gasteiger partial charge on any atom is 0.388 e. The Morgan fingerprint density at radius 3 is 2.68 bits per heavy atom. The molecule has 0 aromatic carbocycles. The van der Waals surface area contributed by atoms with Crippen molar-refractivity contribution in [3.05, 3.63) is 59.2 Å². The number of rotatable bonds is 7. The van der Waals surface area contributed by atoms with Crippen molar-refractivity contribution in [1.82, 2.24) is 20.2 Å². The number of nitriles is 1. The Morgan fingerprint density at radius 2 is 2.03 bits per heavy atom. The molecule has 0 spiro atoms.